The van der Waals surface area contributed by atoms with Crippen molar-refractivity contribution < 1.29 is 13.9 Å². The van der Waals surface area contributed by atoms with Crippen molar-refractivity contribution in [2.75, 3.05) is 26.8 Å². The molecule has 1 atom stereocenters. The number of benzene rings is 2. The Morgan fingerprint density at radius 1 is 1.08 bits per heavy atom. The first-order valence-electron chi connectivity index (χ1n) is 7.50. The molecule has 6 heteroatoms. The van der Waals surface area contributed by atoms with E-state index in [1.807, 2.05) is 30.3 Å². The quantitative estimate of drug-likeness (QED) is 0.718. The molecule has 2 N–H and O–H groups in total. The third kappa shape index (κ3) is 6.28. The fourth-order valence-corrected chi connectivity index (χ4v) is 2.25. The van der Waals surface area contributed by atoms with Gasteiger partial charge in [-0.1, -0.05) is 42.5 Å². The molecule has 2 rings (SSSR count). The second-order valence-corrected chi connectivity index (χ2v) is 5.13. The molecule has 0 aliphatic carbocycles. The Morgan fingerprint density at radius 2 is 1.71 bits per heavy atom. The highest BCUT2D eigenvalue weighted by Gasteiger charge is 2.16. The van der Waals surface area contributed by atoms with Crippen molar-refractivity contribution in [3.05, 3.63) is 71.5 Å². The van der Waals surface area contributed by atoms with Gasteiger partial charge in [-0.2, -0.15) is 0 Å². The van der Waals surface area contributed by atoms with Gasteiger partial charge in [0.2, 0.25) is 5.91 Å². The summed E-state index contributed by atoms with van der Waals surface area (Å²) >= 11 is 0. The van der Waals surface area contributed by atoms with Crippen LogP contribution in [0.3, 0.4) is 0 Å². The first kappa shape index (κ1) is 20.1. The molecule has 1 amide bonds. The minimum atomic E-state index is -0.312. The third-order valence-corrected chi connectivity index (χ3v) is 3.41. The van der Waals surface area contributed by atoms with E-state index in [1.54, 1.807) is 19.2 Å². The molecule has 0 spiro atoms. The number of hydrogen-bond donors (Lipinski definition) is 2. The molecule has 130 valence electrons. The Balaban J connectivity index is 0.00000288. The van der Waals surface area contributed by atoms with Gasteiger partial charge in [0.05, 0.1) is 19.2 Å². The number of rotatable bonds is 8. The van der Waals surface area contributed by atoms with Crippen LogP contribution in [0.1, 0.15) is 17.2 Å². The summed E-state index contributed by atoms with van der Waals surface area (Å²) in [5, 5.41) is 5.99. The first-order chi connectivity index (χ1) is 11.2. The molecule has 0 aromatic heterocycles. The molecule has 0 radical (unpaired) electrons. The monoisotopic (exact) mass is 352 g/mol. The number of amides is 1. The lowest BCUT2D eigenvalue weighted by atomic mass is 9.98. The fourth-order valence-electron chi connectivity index (χ4n) is 2.25. The number of methoxy groups -OCH3 is 1. The smallest absolute Gasteiger partial charge is 0.234 e. The third-order valence-electron chi connectivity index (χ3n) is 3.41. The Hall–Kier alpha value is -1.95. The van der Waals surface area contributed by atoms with E-state index in [2.05, 4.69) is 10.6 Å². The van der Waals surface area contributed by atoms with E-state index in [9.17, 15) is 9.18 Å². The predicted octanol–water partition coefficient (Wildman–Crippen LogP) is 2.69. The van der Waals surface area contributed by atoms with Crippen LogP contribution in [0.4, 0.5) is 4.39 Å². The zero-order valence-electron chi connectivity index (χ0n) is 13.5. The highest BCUT2D eigenvalue weighted by Crippen LogP contribution is 2.22. The molecule has 0 fully saturated rings. The van der Waals surface area contributed by atoms with Crippen molar-refractivity contribution in [2.24, 2.45) is 0 Å². The number of nitrogens with one attached hydrogen (secondary N) is 2. The molecule has 2 aromatic rings. The number of hydrogen-bond acceptors (Lipinski definition) is 3. The predicted molar refractivity (Wildman–Crippen MR) is 94.8 cm³/mol. The van der Waals surface area contributed by atoms with Crippen LogP contribution in [0, 0.1) is 5.82 Å². The maximum atomic E-state index is 13.1. The van der Waals surface area contributed by atoms with Gasteiger partial charge in [-0.05, 0) is 23.3 Å². The van der Waals surface area contributed by atoms with Crippen LogP contribution < -0.4 is 10.6 Å². The molecular formula is C18H22ClFN2O2. The topological polar surface area (TPSA) is 50.4 Å². The molecule has 0 saturated carbocycles. The Morgan fingerprint density at radius 3 is 2.33 bits per heavy atom. The number of halogens is 2. The van der Waals surface area contributed by atoms with Crippen molar-refractivity contribution in [1.82, 2.24) is 10.6 Å². The van der Waals surface area contributed by atoms with Gasteiger partial charge < -0.3 is 15.4 Å². The van der Waals surface area contributed by atoms with E-state index in [-0.39, 0.29) is 36.7 Å². The van der Waals surface area contributed by atoms with Crippen molar-refractivity contribution in [3.63, 3.8) is 0 Å². The standard InChI is InChI=1S/C18H21FN2O2.ClH/c1-23-12-11-20-13-17(22)21-18(14-5-3-2-4-6-14)15-7-9-16(19)10-8-15;/h2-10,18,20H,11-13H2,1H3,(H,21,22);1H. The van der Waals surface area contributed by atoms with Gasteiger partial charge in [0.25, 0.3) is 0 Å². The number of carbonyl (C=O) groups is 1. The van der Waals surface area contributed by atoms with Gasteiger partial charge >= 0.3 is 0 Å². The lowest BCUT2D eigenvalue weighted by Gasteiger charge is -2.20. The lowest BCUT2D eigenvalue weighted by Crippen LogP contribution is -2.37. The normalized spacial score (nSPS) is 11.4. The van der Waals surface area contributed by atoms with Gasteiger partial charge in [-0.25, -0.2) is 4.39 Å². The summed E-state index contributed by atoms with van der Waals surface area (Å²) in [6, 6.07) is 15.5. The van der Waals surface area contributed by atoms with Gasteiger partial charge in [0.15, 0.2) is 0 Å². The summed E-state index contributed by atoms with van der Waals surface area (Å²) in [6.07, 6.45) is 0. The molecule has 2 aromatic carbocycles. The summed E-state index contributed by atoms with van der Waals surface area (Å²) < 4.78 is 18.1. The van der Waals surface area contributed by atoms with Gasteiger partial charge in [0, 0.05) is 13.7 Å². The number of carbonyl (C=O) groups excluding carboxylic acids is 1. The molecule has 0 bridgehead atoms. The zero-order chi connectivity index (χ0) is 16.5. The van der Waals surface area contributed by atoms with Crippen LogP contribution in [0.25, 0.3) is 0 Å². The van der Waals surface area contributed by atoms with Crippen LogP contribution in [0.2, 0.25) is 0 Å². The zero-order valence-corrected chi connectivity index (χ0v) is 14.3. The molecule has 0 aliphatic rings. The second-order valence-electron chi connectivity index (χ2n) is 5.13. The second kappa shape index (κ2) is 10.8. The molecular weight excluding hydrogens is 331 g/mol. The highest BCUT2D eigenvalue weighted by molar-refractivity contribution is 5.85. The minimum absolute atomic E-state index is 0. The maximum Gasteiger partial charge on any atom is 0.234 e. The largest absolute Gasteiger partial charge is 0.383 e. The molecule has 0 heterocycles. The Bertz CT molecular complexity index is 608. The highest BCUT2D eigenvalue weighted by atomic mass is 35.5. The number of ether oxygens (including phenoxy) is 1. The van der Waals surface area contributed by atoms with Crippen molar-refractivity contribution in [2.45, 2.75) is 6.04 Å². The van der Waals surface area contributed by atoms with E-state index >= 15 is 0 Å². The summed E-state index contributed by atoms with van der Waals surface area (Å²) in [5.74, 6) is -0.424. The average molecular weight is 353 g/mol. The summed E-state index contributed by atoms with van der Waals surface area (Å²) in [4.78, 5) is 12.1. The first-order valence-corrected chi connectivity index (χ1v) is 7.50. The van der Waals surface area contributed by atoms with Crippen LogP contribution in [-0.2, 0) is 9.53 Å². The molecule has 0 aliphatic heterocycles. The van der Waals surface area contributed by atoms with E-state index in [0.29, 0.717) is 13.2 Å². The van der Waals surface area contributed by atoms with E-state index in [0.717, 1.165) is 11.1 Å². The summed E-state index contributed by atoms with van der Waals surface area (Å²) in [7, 11) is 1.61. The van der Waals surface area contributed by atoms with E-state index < -0.39 is 0 Å². The van der Waals surface area contributed by atoms with Crippen molar-refractivity contribution in [3.8, 4) is 0 Å². The van der Waals surface area contributed by atoms with Crippen LogP contribution in [-0.4, -0.2) is 32.7 Å². The lowest BCUT2D eigenvalue weighted by molar-refractivity contribution is -0.120. The summed E-state index contributed by atoms with van der Waals surface area (Å²) in [5.41, 5.74) is 1.78. The average Bonchev–Trinajstić information content (AvgIpc) is 2.58. The molecule has 0 saturated heterocycles. The molecule has 1 unspecified atom stereocenters. The Labute approximate surface area is 147 Å². The van der Waals surface area contributed by atoms with Crippen LogP contribution in [0.15, 0.2) is 54.6 Å². The SMILES string of the molecule is COCCNCC(=O)NC(c1ccccc1)c1ccc(F)cc1.Cl. The molecule has 4 nitrogen and oxygen atoms in total. The summed E-state index contributed by atoms with van der Waals surface area (Å²) in [6.45, 7) is 1.36. The van der Waals surface area contributed by atoms with Gasteiger partial charge in [-0.15, -0.1) is 12.4 Å². The fraction of sp³-hybridized carbons (Fsp3) is 0.278. The van der Waals surface area contributed by atoms with Crippen LogP contribution >= 0.6 is 12.4 Å². The van der Waals surface area contributed by atoms with E-state index in [4.69, 9.17) is 4.74 Å². The Kier molecular flexibility index (Phi) is 9.01. The van der Waals surface area contributed by atoms with Crippen molar-refractivity contribution in [1.29, 1.82) is 0 Å². The molecule has 24 heavy (non-hydrogen) atoms. The minimum Gasteiger partial charge on any atom is -0.383 e. The van der Waals surface area contributed by atoms with Gasteiger partial charge in [-0.3, -0.25) is 4.79 Å². The maximum absolute atomic E-state index is 13.1. The van der Waals surface area contributed by atoms with Gasteiger partial charge in [0.1, 0.15) is 5.82 Å². The van der Waals surface area contributed by atoms with E-state index in [1.165, 1.54) is 12.1 Å². The van der Waals surface area contributed by atoms with Crippen LogP contribution in [0.5, 0.6) is 0 Å². The van der Waals surface area contributed by atoms with Crippen molar-refractivity contribution >= 4 is 18.3 Å².